The highest BCUT2D eigenvalue weighted by Crippen LogP contribution is 2.62. The third-order valence-electron chi connectivity index (χ3n) is 6.71. The molecule has 24 heavy (non-hydrogen) atoms. The van der Waals surface area contributed by atoms with Gasteiger partial charge in [0, 0.05) is 6.08 Å². The van der Waals surface area contributed by atoms with Gasteiger partial charge >= 0.3 is 11.9 Å². The van der Waals surface area contributed by atoms with E-state index >= 15 is 0 Å². The van der Waals surface area contributed by atoms with Crippen LogP contribution in [0.3, 0.4) is 0 Å². The highest BCUT2D eigenvalue weighted by molar-refractivity contribution is 5.80. The Balaban J connectivity index is 2.25. The first-order chi connectivity index (χ1) is 11.1. The average Bonchev–Trinajstić information content (AvgIpc) is 2.45. The predicted molar refractivity (Wildman–Crippen MR) is 93.7 cm³/mol. The summed E-state index contributed by atoms with van der Waals surface area (Å²) in [6.45, 7) is 10.3. The van der Waals surface area contributed by atoms with Crippen molar-refractivity contribution in [3.8, 4) is 0 Å². The average molecular weight is 334 g/mol. The SMILES string of the molecule is C=C1CCC2C(C)(C(=O)O)CCCC2(C)C1CC/C(C)=C/C(=O)O. The molecule has 0 aromatic rings. The normalized spacial score (nSPS) is 37.0. The number of hydrogen-bond donors (Lipinski definition) is 2. The Morgan fingerprint density at radius 1 is 1.29 bits per heavy atom. The van der Waals surface area contributed by atoms with Crippen LogP contribution in [-0.4, -0.2) is 22.2 Å². The highest BCUT2D eigenvalue weighted by Gasteiger charge is 2.57. The Kier molecular flexibility index (Phi) is 5.26. The second-order valence-corrected chi connectivity index (χ2v) is 8.25. The fourth-order valence-corrected chi connectivity index (χ4v) is 5.39. The Bertz CT molecular complexity index is 576. The van der Waals surface area contributed by atoms with Gasteiger partial charge in [-0.1, -0.05) is 31.1 Å². The van der Waals surface area contributed by atoms with Crippen LogP contribution in [0.1, 0.15) is 65.7 Å². The van der Waals surface area contributed by atoms with Crippen molar-refractivity contribution in [2.24, 2.45) is 22.7 Å². The van der Waals surface area contributed by atoms with Crippen LogP contribution >= 0.6 is 0 Å². The van der Waals surface area contributed by atoms with E-state index in [9.17, 15) is 14.7 Å². The molecule has 4 heteroatoms. The molecule has 0 bridgehead atoms. The van der Waals surface area contributed by atoms with Gasteiger partial charge in [0.25, 0.3) is 0 Å². The standard InChI is InChI=1S/C20H30O4/c1-13(12-17(21)22)6-8-15-14(2)7-9-16-19(15,3)10-5-11-20(16,4)18(23)24/h12,15-16H,2,5-11H2,1,3-4H3,(H,21,22)(H,23,24)/b13-12+. The molecule has 2 N–H and O–H groups in total. The Hall–Kier alpha value is -1.58. The van der Waals surface area contributed by atoms with Gasteiger partial charge in [-0.25, -0.2) is 4.79 Å². The number of carbonyl (C=O) groups is 2. The van der Waals surface area contributed by atoms with E-state index in [-0.39, 0.29) is 17.3 Å². The van der Waals surface area contributed by atoms with E-state index < -0.39 is 17.4 Å². The smallest absolute Gasteiger partial charge is 0.328 e. The maximum atomic E-state index is 12.0. The first-order valence-electron chi connectivity index (χ1n) is 8.92. The van der Waals surface area contributed by atoms with E-state index in [0.717, 1.165) is 50.5 Å². The lowest BCUT2D eigenvalue weighted by Gasteiger charge is -2.57. The van der Waals surface area contributed by atoms with Crippen molar-refractivity contribution in [2.45, 2.75) is 65.7 Å². The summed E-state index contributed by atoms with van der Waals surface area (Å²) in [4.78, 5) is 22.8. The minimum absolute atomic E-state index is 0.0514. The molecule has 0 amide bonds. The molecule has 0 aromatic carbocycles. The fraction of sp³-hybridized carbons (Fsp3) is 0.700. The monoisotopic (exact) mass is 334 g/mol. The first kappa shape index (κ1) is 18.8. The van der Waals surface area contributed by atoms with Crippen LogP contribution in [0.4, 0.5) is 0 Å². The van der Waals surface area contributed by atoms with Crippen molar-refractivity contribution in [3.63, 3.8) is 0 Å². The van der Waals surface area contributed by atoms with Crippen molar-refractivity contribution in [1.29, 1.82) is 0 Å². The summed E-state index contributed by atoms with van der Waals surface area (Å²) in [5.41, 5.74) is 1.37. The van der Waals surface area contributed by atoms with Crippen molar-refractivity contribution in [2.75, 3.05) is 0 Å². The molecule has 0 aromatic heterocycles. The molecule has 2 aliphatic rings. The number of hydrogen-bond acceptors (Lipinski definition) is 2. The number of aliphatic carboxylic acids is 2. The zero-order valence-corrected chi connectivity index (χ0v) is 15.1. The molecule has 2 rings (SSSR count). The molecule has 0 spiro atoms. The zero-order valence-electron chi connectivity index (χ0n) is 15.1. The van der Waals surface area contributed by atoms with E-state index in [4.69, 9.17) is 5.11 Å². The molecule has 2 saturated carbocycles. The van der Waals surface area contributed by atoms with E-state index in [0.29, 0.717) is 0 Å². The molecule has 2 fully saturated rings. The van der Waals surface area contributed by atoms with Gasteiger partial charge in [-0.2, -0.15) is 0 Å². The van der Waals surface area contributed by atoms with E-state index in [1.807, 2.05) is 13.8 Å². The van der Waals surface area contributed by atoms with Crippen molar-refractivity contribution in [3.05, 3.63) is 23.8 Å². The quantitative estimate of drug-likeness (QED) is 0.566. The fourth-order valence-electron chi connectivity index (χ4n) is 5.39. The van der Waals surface area contributed by atoms with Gasteiger partial charge in [0.1, 0.15) is 0 Å². The number of fused-ring (bicyclic) bond motifs is 1. The van der Waals surface area contributed by atoms with Gasteiger partial charge in [-0.05, 0) is 69.6 Å². The molecule has 0 aliphatic heterocycles. The van der Waals surface area contributed by atoms with Crippen LogP contribution in [-0.2, 0) is 9.59 Å². The van der Waals surface area contributed by atoms with Gasteiger partial charge < -0.3 is 10.2 Å². The second kappa shape index (κ2) is 6.73. The summed E-state index contributed by atoms with van der Waals surface area (Å²) in [5.74, 6) is -1.15. The molecule has 0 saturated heterocycles. The summed E-state index contributed by atoms with van der Waals surface area (Å²) in [7, 11) is 0. The molecule has 4 atom stereocenters. The van der Waals surface area contributed by atoms with E-state index in [2.05, 4.69) is 13.5 Å². The highest BCUT2D eigenvalue weighted by atomic mass is 16.4. The lowest BCUT2D eigenvalue weighted by atomic mass is 9.46. The molecule has 134 valence electrons. The Morgan fingerprint density at radius 3 is 2.54 bits per heavy atom. The van der Waals surface area contributed by atoms with Crippen molar-refractivity contribution < 1.29 is 19.8 Å². The maximum absolute atomic E-state index is 12.0. The van der Waals surface area contributed by atoms with Crippen LogP contribution in [0.2, 0.25) is 0 Å². The second-order valence-electron chi connectivity index (χ2n) is 8.25. The molecule has 2 aliphatic carbocycles. The molecular formula is C20H30O4. The largest absolute Gasteiger partial charge is 0.481 e. The number of carboxylic acid groups (broad SMARTS) is 2. The molecular weight excluding hydrogens is 304 g/mol. The third kappa shape index (κ3) is 3.28. The molecule has 0 radical (unpaired) electrons. The minimum Gasteiger partial charge on any atom is -0.481 e. The number of allylic oxidation sites excluding steroid dienone is 2. The minimum atomic E-state index is -0.907. The van der Waals surface area contributed by atoms with Crippen LogP contribution in [0, 0.1) is 22.7 Å². The van der Waals surface area contributed by atoms with Gasteiger partial charge in [0.2, 0.25) is 0 Å². The van der Waals surface area contributed by atoms with Crippen molar-refractivity contribution in [1.82, 2.24) is 0 Å². The molecule has 4 nitrogen and oxygen atoms in total. The van der Waals surface area contributed by atoms with Crippen LogP contribution in [0.15, 0.2) is 23.8 Å². The number of carboxylic acids is 2. The third-order valence-corrected chi connectivity index (χ3v) is 6.71. The lowest BCUT2D eigenvalue weighted by molar-refractivity contribution is -0.164. The van der Waals surface area contributed by atoms with Crippen LogP contribution in [0.25, 0.3) is 0 Å². The molecule has 0 heterocycles. The summed E-state index contributed by atoms with van der Waals surface area (Å²) in [5, 5.41) is 18.7. The summed E-state index contributed by atoms with van der Waals surface area (Å²) < 4.78 is 0. The van der Waals surface area contributed by atoms with E-state index in [1.165, 1.54) is 11.6 Å². The van der Waals surface area contributed by atoms with Crippen LogP contribution < -0.4 is 0 Å². The van der Waals surface area contributed by atoms with Gasteiger partial charge in [0.05, 0.1) is 5.41 Å². The van der Waals surface area contributed by atoms with Crippen LogP contribution in [0.5, 0.6) is 0 Å². The summed E-state index contributed by atoms with van der Waals surface area (Å²) >= 11 is 0. The van der Waals surface area contributed by atoms with E-state index in [1.54, 1.807) is 0 Å². The lowest BCUT2D eigenvalue weighted by Crippen LogP contribution is -2.53. The summed E-state index contributed by atoms with van der Waals surface area (Å²) in [6.07, 6.45) is 7.36. The van der Waals surface area contributed by atoms with Gasteiger partial charge in [-0.15, -0.1) is 0 Å². The molecule has 4 unspecified atom stereocenters. The Labute approximate surface area is 144 Å². The Morgan fingerprint density at radius 2 is 1.96 bits per heavy atom. The topological polar surface area (TPSA) is 74.6 Å². The number of rotatable bonds is 5. The van der Waals surface area contributed by atoms with Gasteiger partial charge in [-0.3, -0.25) is 4.79 Å². The predicted octanol–water partition coefficient (Wildman–Crippen LogP) is 4.66. The zero-order chi connectivity index (χ0) is 18.1. The van der Waals surface area contributed by atoms with Crippen molar-refractivity contribution >= 4 is 11.9 Å². The summed E-state index contributed by atoms with van der Waals surface area (Å²) in [6, 6.07) is 0. The van der Waals surface area contributed by atoms with Gasteiger partial charge in [0.15, 0.2) is 0 Å². The maximum Gasteiger partial charge on any atom is 0.328 e. The first-order valence-corrected chi connectivity index (χ1v) is 8.92.